The van der Waals surface area contributed by atoms with Gasteiger partial charge in [-0.25, -0.2) is 13.1 Å². The number of piperazine rings is 1. The number of carbonyl (C=O) groups excluding carboxylic acids is 1. The first kappa shape index (κ1) is 21.7. The molecule has 1 aliphatic heterocycles. The van der Waals surface area contributed by atoms with E-state index >= 15 is 0 Å². The lowest BCUT2D eigenvalue weighted by atomic mass is 10.1. The standard InChI is InChI=1S/C16H25N3O4S.ClH/c1-11(2)18-24(21,22)15-9-13(5-6-14(15)23-4)16(20)19-8-7-17-12(3)10-19;/h5-6,9,11-12,17-18H,7-8,10H2,1-4H3;1H. The first-order chi connectivity index (χ1) is 11.2. The van der Waals surface area contributed by atoms with Gasteiger partial charge in [0.15, 0.2) is 0 Å². The molecule has 1 aromatic carbocycles. The molecular weight excluding hydrogens is 366 g/mol. The number of nitrogens with one attached hydrogen (secondary N) is 2. The number of sulfonamides is 1. The third kappa shape index (κ3) is 5.31. The van der Waals surface area contributed by atoms with Crippen molar-refractivity contribution < 1.29 is 17.9 Å². The molecule has 1 heterocycles. The minimum absolute atomic E-state index is 0. The van der Waals surface area contributed by atoms with Crippen molar-refractivity contribution in [3.05, 3.63) is 23.8 Å². The number of hydrogen-bond acceptors (Lipinski definition) is 5. The number of hydrogen-bond donors (Lipinski definition) is 2. The van der Waals surface area contributed by atoms with Gasteiger partial charge in [-0.15, -0.1) is 12.4 Å². The Bertz CT molecular complexity index is 709. The second-order valence-electron chi connectivity index (χ2n) is 6.25. The summed E-state index contributed by atoms with van der Waals surface area (Å²) in [6, 6.07) is 4.47. The highest BCUT2D eigenvalue weighted by Gasteiger charge is 2.26. The van der Waals surface area contributed by atoms with Crippen molar-refractivity contribution in [1.82, 2.24) is 14.9 Å². The van der Waals surface area contributed by atoms with Gasteiger partial charge in [0.2, 0.25) is 10.0 Å². The maximum Gasteiger partial charge on any atom is 0.253 e. The van der Waals surface area contributed by atoms with Crippen LogP contribution in [0.15, 0.2) is 23.1 Å². The van der Waals surface area contributed by atoms with E-state index in [4.69, 9.17) is 4.74 Å². The summed E-state index contributed by atoms with van der Waals surface area (Å²) in [5.74, 6) is 0.0420. The molecule has 1 amide bonds. The van der Waals surface area contributed by atoms with Crippen LogP contribution >= 0.6 is 12.4 Å². The van der Waals surface area contributed by atoms with Crippen molar-refractivity contribution in [3.8, 4) is 5.75 Å². The number of rotatable bonds is 5. The third-order valence-electron chi connectivity index (χ3n) is 3.75. The molecule has 1 unspecified atom stereocenters. The van der Waals surface area contributed by atoms with Gasteiger partial charge in [-0.1, -0.05) is 0 Å². The van der Waals surface area contributed by atoms with Crippen molar-refractivity contribution in [2.75, 3.05) is 26.7 Å². The molecule has 25 heavy (non-hydrogen) atoms. The van der Waals surface area contributed by atoms with Crippen LogP contribution in [0.1, 0.15) is 31.1 Å². The zero-order valence-corrected chi connectivity index (χ0v) is 16.5. The summed E-state index contributed by atoms with van der Waals surface area (Å²) in [5, 5.41) is 3.27. The fourth-order valence-electron chi connectivity index (χ4n) is 2.69. The zero-order valence-electron chi connectivity index (χ0n) is 14.9. The van der Waals surface area contributed by atoms with E-state index in [0.29, 0.717) is 18.7 Å². The van der Waals surface area contributed by atoms with E-state index in [1.165, 1.54) is 19.2 Å². The first-order valence-corrected chi connectivity index (χ1v) is 9.46. The maximum absolute atomic E-state index is 12.7. The summed E-state index contributed by atoms with van der Waals surface area (Å²) in [7, 11) is -2.35. The minimum Gasteiger partial charge on any atom is -0.495 e. The van der Waals surface area contributed by atoms with Gasteiger partial charge >= 0.3 is 0 Å². The van der Waals surface area contributed by atoms with E-state index in [1.807, 2.05) is 6.92 Å². The SMILES string of the molecule is COc1ccc(C(=O)N2CCNC(C)C2)cc1S(=O)(=O)NC(C)C.Cl. The molecule has 0 aromatic heterocycles. The van der Waals surface area contributed by atoms with Crippen molar-refractivity contribution in [3.63, 3.8) is 0 Å². The Labute approximate surface area is 155 Å². The van der Waals surface area contributed by atoms with E-state index in [2.05, 4.69) is 10.0 Å². The molecule has 0 aliphatic carbocycles. The van der Waals surface area contributed by atoms with Crippen LogP contribution in [0.3, 0.4) is 0 Å². The largest absolute Gasteiger partial charge is 0.495 e. The second kappa shape index (κ2) is 8.84. The Morgan fingerprint density at radius 3 is 2.64 bits per heavy atom. The van der Waals surface area contributed by atoms with E-state index < -0.39 is 10.0 Å². The molecule has 1 fully saturated rings. The van der Waals surface area contributed by atoms with Crippen LogP contribution in [-0.2, 0) is 10.0 Å². The first-order valence-electron chi connectivity index (χ1n) is 7.97. The van der Waals surface area contributed by atoms with Gasteiger partial charge in [-0.3, -0.25) is 4.79 Å². The third-order valence-corrected chi connectivity index (χ3v) is 5.43. The van der Waals surface area contributed by atoms with Gasteiger partial charge in [0, 0.05) is 37.3 Å². The van der Waals surface area contributed by atoms with Gasteiger partial charge in [0.25, 0.3) is 5.91 Å². The summed E-state index contributed by atoms with van der Waals surface area (Å²) in [4.78, 5) is 14.4. The van der Waals surface area contributed by atoms with Crippen LogP contribution in [-0.4, -0.2) is 58.1 Å². The molecule has 1 aromatic rings. The highest BCUT2D eigenvalue weighted by atomic mass is 35.5. The van der Waals surface area contributed by atoms with Crippen molar-refractivity contribution in [1.29, 1.82) is 0 Å². The smallest absolute Gasteiger partial charge is 0.253 e. The van der Waals surface area contributed by atoms with Crippen LogP contribution < -0.4 is 14.8 Å². The predicted octanol–water partition coefficient (Wildman–Crippen LogP) is 1.24. The van der Waals surface area contributed by atoms with E-state index in [1.54, 1.807) is 24.8 Å². The monoisotopic (exact) mass is 391 g/mol. The zero-order chi connectivity index (χ0) is 17.9. The maximum atomic E-state index is 12.7. The lowest BCUT2D eigenvalue weighted by molar-refractivity contribution is 0.0709. The Hall–Kier alpha value is -1.35. The summed E-state index contributed by atoms with van der Waals surface area (Å²) in [6.45, 7) is 7.40. The van der Waals surface area contributed by atoms with Crippen molar-refractivity contribution in [2.45, 2.75) is 37.8 Å². The number of benzene rings is 1. The van der Waals surface area contributed by atoms with Crippen LogP contribution in [0.2, 0.25) is 0 Å². The predicted molar refractivity (Wildman–Crippen MR) is 99.1 cm³/mol. The van der Waals surface area contributed by atoms with Gasteiger partial charge in [0.1, 0.15) is 10.6 Å². The molecular formula is C16H26ClN3O4S. The van der Waals surface area contributed by atoms with E-state index in [0.717, 1.165) is 6.54 Å². The Morgan fingerprint density at radius 1 is 1.40 bits per heavy atom. The van der Waals surface area contributed by atoms with Crippen LogP contribution in [0.4, 0.5) is 0 Å². The van der Waals surface area contributed by atoms with Gasteiger partial charge in [-0.05, 0) is 39.0 Å². The molecule has 0 spiro atoms. The van der Waals surface area contributed by atoms with E-state index in [-0.39, 0.29) is 41.0 Å². The van der Waals surface area contributed by atoms with Crippen LogP contribution in [0, 0.1) is 0 Å². The fraction of sp³-hybridized carbons (Fsp3) is 0.562. The summed E-state index contributed by atoms with van der Waals surface area (Å²) >= 11 is 0. The summed E-state index contributed by atoms with van der Waals surface area (Å²) in [5.41, 5.74) is 0.342. The van der Waals surface area contributed by atoms with Crippen molar-refractivity contribution in [2.24, 2.45) is 0 Å². The normalized spacial score (nSPS) is 18.0. The number of amides is 1. The van der Waals surface area contributed by atoms with Crippen molar-refractivity contribution >= 4 is 28.3 Å². The average Bonchev–Trinajstić information content (AvgIpc) is 2.52. The molecule has 2 N–H and O–H groups in total. The minimum atomic E-state index is -3.76. The van der Waals surface area contributed by atoms with Crippen LogP contribution in [0.25, 0.3) is 0 Å². The van der Waals surface area contributed by atoms with Crippen LogP contribution in [0.5, 0.6) is 5.75 Å². The number of methoxy groups -OCH3 is 1. The van der Waals surface area contributed by atoms with Gasteiger partial charge in [-0.2, -0.15) is 0 Å². The number of nitrogens with zero attached hydrogens (tertiary/aromatic N) is 1. The molecule has 0 radical (unpaired) electrons. The van der Waals surface area contributed by atoms with Gasteiger partial charge in [0.05, 0.1) is 7.11 Å². The van der Waals surface area contributed by atoms with Gasteiger partial charge < -0.3 is 15.0 Å². The summed E-state index contributed by atoms with van der Waals surface area (Å²) < 4.78 is 32.7. The molecule has 142 valence electrons. The lowest BCUT2D eigenvalue weighted by Crippen LogP contribution is -2.51. The molecule has 0 bridgehead atoms. The molecule has 2 rings (SSSR count). The fourth-order valence-corrected chi connectivity index (χ4v) is 4.14. The molecule has 0 saturated carbocycles. The molecule has 9 heteroatoms. The lowest BCUT2D eigenvalue weighted by Gasteiger charge is -2.32. The molecule has 1 saturated heterocycles. The highest BCUT2D eigenvalue weighted by Crippen LogP contribution is 2.26. The molecule has 1 atom stereocenters. The van der Waals surface area contributed by atoms with E-state index in [9.17, 15) is 13.2 Å². The molecule has 1 aliphatic rings. The number of carbonyl (C=O) groups is 1. The average molecular weight is 392 g/mol. The Kier molecular flexibility index (Phi) is 7.67. The second-order valence-corrected chi connectivity index (χ2v) is 7.93. The highest BCUT2D eigenvalue weighted by molar-refractivity contribution is 7.89. The topological polar surface area (TPSA) is 87.7 Å². The Morgan fingerprint density at radius 2 is 2.08 bits per heavy atom. The molecule has 7 nitrogen and oxygen atoms in total. The summed E-state index contributed by atoms with van der Waals surface area (Å²) in [6.07, 6.45) is 0. The quantitative estimate of drug-likeness (QED) is 0.788. The number of halogens is 1. The number of ether oxygens (including phenoxy) is 1. The Balaban J connectivity index is 0.00000312.